The fourth-order valence-electron chi connectivity index (χ4n) is 7.31. The molecule has 3 amide bonds. The number of ether oxygens (including phenoxy) is 1. The van der Waals surface area contributed by atoms with Gasteiger partial charge in [0.25, 0.3) is 0 Å². The molecule has 0 saturated carbocycles. The molecule has 2 unspecified atom stereocenters. The molecule has 2 bridgehead atoms. The highest BCUT2D eigenvalue weighted by molar-refractivity contribution is 8.02. The summed E-state index contributed by atoms with van der Waals surface area (Å²) in [6.07, 6.45) is 5.38. The van der Waals surface area contributed by atoms with Gasteiger partial charge in [-0.1, -0.05) is 42.5 Å². The van der Waals surface area contributed by atoms with Crippen molar-refractivity contribution in [1.29, 1.82) is 0 Å². The molecule has 1 aromatic carbocycles. The summed E-state index contributed by atoms with van der Waals surface area (Å²) in [6.45, 7) is 13.5. The van der Waals surface area contributed by atoms with Crippen molar-refractivity contribution in [3.8, 4) is 0 Å². The molecule has 0 aliphatic carbocycles. The Morgan fingerprint density at radius 1 is 1.07 bits per heavy atom. The van der Waals surface area contributed by atoms with Gasteiger partial charge in [0.15, 0.2) is 0 Å². The number of thioether (sulfide) groups is 1. The number of amides is 3. The van der Waals surface area contributed by atoms with E-state index in [4.69, 9.17) is 4.74 Å². The predicted molar refractivity (Wildman–Crippen MR) is 164 cm³/mol. The van der Waals surface area contributed by atoms with Gasteiger partial charge in [-0.3, -0.25) is 19.3 Å². The largest absolute Gasteiger partial charge is 0.396 e. The fraction of sp³-hybridized carbons (Fsp3) is 0.594. The molecule has 5 atom stereocenters. The fourth-order valence-corrected chi connectivity index (χ4v) is 9.51. The number of hydrogen-bond donors (Lipinski definition) is 1. The van der Waals surface area contributed by atoms with Gasteiger partial charge in [-0.15, -0.1) is 24.9 Å². The number of benzene rings is 1. The van der Waals surface area contributed by atoms with Crippen molar-refractivity contribution in [2.75, 3.05) is 65.6 Å². The van der Waals surface area contributed by atoms with E-state index in [9.17, 15) is 19.5 Å². The number of aliphatic hydroxyl groups is 1. The lowest BCUT2D eigenvalue weighted by Crippen LogP contribution is -2.56. The van der Waals surface area contributed by atoms with Crippen LogP contribution in [0, 0.1) is 11.8 Å². The molecule has 4 saturated heterocycles. The maximum Gasteiger partial charge on any atom is 0.247 e. The molecule has 5 rings (SSSR count). The first-order valence-electron chi connectivity index (χ1n) is 15.2. The van der Waals surface area contributed by atoms with Crippen molar-refractivity contribution < 1.29 is 24.2 Å². The Morgan fingerprint density at radius 3 is 2.48 bits per heavy atom. The smallest absolute Gasteiger partial charge is 0.247 e. The van der Waals surface area contributed by atoms with Crippen molar-refractivity contribution in [2.45, 2.75) is 41.8 Å². The van der Waals surface area contributed by atoms with Crippen LogP contribution in [0.1, 0.15) is 24.8 Å². The molecule has 9 nitrogen and oxygen atoms in total. The number of morpholine rings is 1. The number of nitrogens with zero attached hydrogens (tertiary/aromatic N) is 4. The summed E-state index contributed by atoms with van der Waals surface area (Å²) in [7, 11) is 0. The average Bonchev–Trinajstić information content (AvgIpc) is 3.65. The minimum Gasteiger partial charge on any atom is -0.396 e. The van der Waals surface area contributed by atoms with Crippen LogP contribution in [0.4, 0.5) is 0 Å². The lowest BCUT2D eigenvalue weighted by atomic mass is 9.70. The molecule has 228 valence electrons. The summed E-state index contributed by atoms with van der Waals surface area (Å²) in [5.41, 5.74) is 1.02. The van der Waals surface area contributed by atoms with Crippen LogP contribution in [-0.2, 0) is 25.7 Å². The molecule has 1 N–H and O–H groups in total. The Labute approximate surface area is 253 Å². The number of fused-ring (bicyclic) bond motifs is 1. The molecule has 42 heavy (non-hydrogen) atoms. The molecule has 4 aliphatic rings. The van der Waals surface area contributed by atoms with Crippen LogP contribution < -0.4 is 0 Å². The predicted octanol–water partition coefficient (Wildman–Crippen LogP) is 2.02. The van der Waals surface area contributed by atoms with E-state index in [2.05, 4.69) is 18.1 Å². The number of carbonyl (C=O) groups is 3. The third-order valence-corrected chi connectivity index (χ3v) is 11.2. The second-order valence-electron chi connectivity index (χ2n) is 11.7. The number of rotatable bonds is 14. The average molecular weight is 597 g/mol. The van der Waals surface area contributed by atoms with Crippen molar-refractivity contribution in [1.82, 2.24) is 19.6 Å². The molecule has 4 fully saturated rings. The highest BCUT2D eigenvalue weighted by Gasteiger charge is 2.74. The third-order valence-electron chi connectivity index (χ3n) is 9.20. The summed E-state index contributed by atoms with van der Waals surface area (Å²) in [4.78, 5) is 50.6. The van der Waals surface area contributed by atoms with Gasteiger partial charge in [-0.05, 0) is 24.8 Å². The van der Waals surface area contributed by atoms with Crippen molar-refractivity contribution in [3.63, 3.8) is 0 Å². The highest BCUT2D eigenvalue weighted by atomic mass is 32.2. The summed E-state index contributed by atoms with van der Waals surface area (Å²) < 4.78 is 4.83. The van der Waals surface area contributed by atoms with Gasteiger partial charge in [0, 0.05) is 64.2 Å². The van der Waals surface area contributed by atoms with Gasteiger partial charge in [-0.2, -0.15) is 0 Å². The van der Waals surface area contributed by atoms with Crippen LogP contribution in [0.5, 0.6) is 0 Å². The SMILES string of the molecule is C=CCN(CCN1CCOCC1)C(=O)C1N(CCCO)C(=O)[C@@H]2[C@H](C(=O)N(CC=C)Cc3ccccc3)[C@@H]3CCC12S3. The van der Waals surface area contributed by atoms with Crippen LogP contribution in [0.25, 0.3) is 0 Å². The van der Waals surface area contributed by atoms with Crippen LogP contribution in [-0.4, -0.2) is 124 Å². The summed E-state index contributed by atoms with van der Waals surface area (Å²) in [5, 5.41) is 9.66. The van der Waals surface area contributed by atoms with E-state index >= 15 is 0 Å². The third kappa shape index (κ3) is 5.91. The van der Waals surface area contributed by atoms with Crippen LogP contribution in [0.15, 0.2) is 55.6 Å². The second kappa shape index (κ2) is 13.8. The normalized spacial score (nSPS) is 28.5. The first kappa shape index (κ1) is 30.8. The standard InChI is InChI=1S/C32H44N4O5S/c1-3-13-34(17-16-33-18-21-41-22-19-33)31(40)28-32-12-11-25(42-32)26(27(32)30(39)36(28)15-8-20-37)29(38)35(14-4-2)23-24-9-6-5-7-10-24/h3-7,9-10,25-28,37H,1-2,8,11-23H2/t25-,26+,27-,28?,32?/m0/s1. The molecule has 4 aliphatic heterocycles. The summed E-state index contributed by atoms with van der Waals surface area (Å²) >= 11 is 1.69. The molecule has 1 spiro atoms. The van der Waals surface area contributed by atoms with E-state index < -0.39 is 22.6 Å². The Morgan fingerprint density at radius 2 is 1.79 bits per heavy atom. The Bertz CT molecular complexity index is 1140. The first-order valence-corrected chi connectivity index (χ1v) is 16.1. The van der Waals surface area contributed by atoms with Gasteiger partial charge in [0.1, 0.15) is 6.04 Å². The maximum atomic E-state index is 14.5. The van der Waals surface area contributed by atoms with Gasteiger partial charge in [-0.25, -0.2) is 0 Å². The van der Waals surface area contributed by atoms with Crippen molar-refractivity contribution >= 4 is 29.5 Å². The minimum atomic E-state index is -0.666. The Hall–Kier alpha value is -2.66. The molecular formula is C32H44N4O5S. The van der Waals surface area contributed by atoms with Crippen LogP contribution in [0.2, 0.25) is 0 Å². The quantitative estimate of drug-likeness (QED) is 0.329. The molecule has 4 heterocycles. The zero-order valence-corrected chi connectivity index (χ0v) is 25.3. The monoisotopic (exact) mass is 596 g/mol. The van der Waals surface area contributed by atoms with Gasteiger partial charge >= 0.3 is 0 Å². The van der Waals surface area contributed by atoms with E-state index in [1.165, 1.54) is 0 Å². The molecule has 0 aromatic heterocycles. The lowest BCUT2D eigenvalue weighted by molar-refractivity contribution is -0.145. The lowest BCUT2D eigenvalue weighted by Gasteiger charge is -2.38. The van der Waals surface area contributed by atoms with Gasteiger partial charge in [0.05, 0.1) is 29.8 Å². The second-order valence-corrected chi connectivity index (χ2v) is 13.3. The molecular weight excluding hydrogens is 552 g/mol. The number of hydrogen-bond acceptors (Lipinski definition) is 7. The summed E-state index contributed by atoms with van der Waals surface area (Å²) in [5.74, 6) is -1.29. The number of carbonyl (C=O) groups excluding carboxylic acids is 3. The first-order chi connectivity index (χ1) is 20.4. The van der Waals surface area contributed by atoms with E-state index in [0.717, 1.165) is 38.0 Å². The Balaban J connectivity index is 1.42. The van der Waals surface area contributed by atoms with E-state index in [0.29, 0.717) is 52.4 Å². The van der Waals surface area contributed by atoms with Crippen LogP contribution in [0.3, 0.4) is 0 Å². The minimum absolute atomic E-state index is 0.00830. The van der Waals surface area contributed by atoms with E-state index in [-0.39, 0.29) is 29.6 Å². The number of likely N-dealkylation sites (tertiary alicyclic amines) is 1. The molecule has 10 heteroatoms. The summed E-state index contributed by atoms with van der Waals surface area (Å²) in [6, 6.07) is 9.19. The van der Waals surface area contributed by atoms with Crippen molar-refractivity contribution in [2.24, 2.45) is 11.8 Å². The zero-order valence-electron chi connectivity index (χ0n) is 24.4. The Kier molecular flexibility index (Phi) is 10.1. The highest BCUT2D eigenvalue weighted by Crippen LogP contribution is 2.66. The maximum absolute atomic E-state index is 14.5. The van der Waals surface area contributed by atoms with Crippen LogP contribution >= 0.6 is 11.8 Å². The van der Waals surface area contributed by atoms with Crippen molar-refractivity contribution in [3.05, 3.63) is 61.2 Å². The molecule has 0 radical (unpaired) electrons. The van der Waals surface area contributed by atoms with E-state index in [1.54, 1.807) is 33.7 Å². The zero-order chi connectivity index (χ0) is 29.7. The van der Waals surface area contributed by atoms with Gasteiger partial charge in [0.2, 0.25) is 17.7 Å². The topological polar surface area (TPSA) is 93.6 Å². The molecule has 1 aromatic rings. The number of aliphatic hydroxyl groups excluding tert-OH is 1. The van der Waals surface area contributed by atoms with Gasteiger partial charge < -0.3 is 24.5 Å². The van der Waals surface area contributed by atoms with E-state index in [1.807, 2.05) is 35.2 Å².